The van der Waals surface area contributed by atoms with E-state index in [2.05, 4.69) is 22.1 Å². The van der Waals surface area contributed by atoms with Crippen LogP contribution in [0.15, 0.2) is 28.9 Å². The minimum atomic E-state index is -0.157. The van der Waals surface area contributed by atoms with Crippen LogP contribution < -0.4 is 0 Å². The van der Waals surface area contributed by atoms with Crippen molar-refractivity contribution >= 4 is 6.41 Å². The summed E-state index contributed by atoms with van der Waals surface area (Å²) < 4.78 is 5.73. The molecule has 2 aromatic rings. The van der Waals surface area contributed by atoms with Crippen molar-refractivity contribution in [1.29, 1.82) is 0 Å². The first-order valence-electron chi connectivity index (χ1n) is 7.85. The molecule has 0 aliphatic heterocycles. The van der Waals surface area contributed by atoms with Gasteiger partial charge in [0.1, 0.15) is 0 Å². The Morgan fingerprint density at radius 2 is 2.09 bits per heavy atom. The van der Waals surface area contributed by atoms with E-state index in [-0.39, 0.29) is 12.5 Å². The highest BCUT2D eigenvalue weighted by Gasteiger charge is 2.21. The normalized spacial score (nSPS) is 12.1. The minimum absolute atomic E-state index is 0.157. The number of pyridine rings is 1. The molecule has 1 atom stereocenters. The number of amides is 1. The molecular formula is C16H22N4O3. The summed E-state index contributed by atoms with van der Waals surface area (Å²) in [5.41, 5.74) is 1.04. The van der Waals surface area contributed by atoms with Crippen molar-refractivity contribution in [3.05, 3.63) is 41.9 Å². The minimum Gasteiger partial charge on any atom is -0.425 e. The summed E-state index contributed by atoms with van der Waals surface area (Å²) in [4.78, 5) is 14.6. The fraction of sp³-hybridized carbons (Fsp3) is 0.500. The smallest absolute Gasteiger partial charge is 0.233 e. The van der Waals surface area contributed by atoms with Crippen LogP contribution in [0.3, 0.4) is 0 Å². The first kappa shape index (κ1) is 17.1. The van der Waals surface area contributed by atoms with E-state index >= 15 is 0 Å². The largest absolute Gasteiger partial charge is 0.425 e. The molecule has 0 aliphatic carbocycles. The topological polar surface area (TPSA) is 92.3 Å². The number of rotatable bonds is 10. The third kappa shape index (κ3) is 5.45. The predicted molar refractivity (Wildman–Crippen MR) is 82.8 cm³/mol. The first-order valence-corrected chi connectivity index (χ1v) is 7.85. The van der Waals surface area contributed by atoms with Gasteiger partial charge in [0.25, 0.3) is 0 Å². The van der Waals surface area contributed by atoms with E-state index in [4.69, 9.17) is 4.42 Å². The standard InChI is InChI=1S/C16H22N4O3/c1-2-3-4-5-14(11-20(22)12-21)16-19-18-15(23-16)10-13-6-8-17-9-7-13/h6-9,12,14,22H,2-5,10-11H2,1H3/t14-/m1/s1. The lowest BCUT2D eigenvalue weighted by Crippen LogP contribution is -2.24. The van der Waals surface area contributed by atoms with Crippen molar-refractivity contribution in [1.82, 2.24) is 20.2 Å². The number of hydroxylamine groups is 2. The highest BCUT2D eigenvalue weighted by molar-refractivity contribution is 5.44. The molecule has 2 heterocycles. The van der Waals surface area contributed by atoms with Crippen LogP contribution in [0.1, 0.15) is 55.9 Å². The Morgan fingerprint density at radius 3 is 2.78 bits per heavy atom. The molecule has 124 valence electrons. The molecule has 0 unspecified atom stereocenters. The number of carbonyl (C=O) groups is 1. The van der Waals surface area contributed by atoms with E-state index in [1.54, 1.807) is 12.4 Å². The summed E-state index contributed by atoms with van der Waals surface area (Å²) >= 11 is 0. The molecule has 2 aromatic heterocycles. The van der Waals surface area contributed by atoms with E-state index in [9.17, 15) is 10.0 Å². The van der Waals surface area contributed by atoms with Gasteiger partial charge in [-0.15, -0.1) is 10.2 Å². The zero-order chi connectivity index (χ0) is 16.5. The quantitative estimate of drug-likeness (QED) is 0.313. The third-order valence-electron chi connectivity index (χ3n) is 3.62. The maximum absolute atomic E-state index is 10.7. The summed E-state index contributed by atoms with van der Waals surface area (Å²) in [5, 5.41) is 18.2. The average Bonchev–Trinajstić information content (AvgIpc) is 3.03. The lowest BCUT2D eigenvalue weighted by molar-refractivity contribution is -0.151. The molecule has 0 saturated heterocycles. The van der Waals surface area contributed by atoms with Crippen LogP contribution in [0.2, 0.25) is 0 Å². The number of unbranched alkanes of at least 4 members (excludes halogenated alkanes) is 2. The van der Waals surface area contributed by atoms with Gasteiger partial charge in [0.2, 0.25) is 18.2 Å². The summed E-state index contributed by atoms with van der Waals surface area (Å²) in [7, 11) is 0. The zero-order valence-corrected chi connectivity index (χ0v) is 13.3. The second-order valence-corrected chi connectivity index (χ2v) is 5.49. The highest BCUT2D eigenvalue weighted by Crippen LogP contribution is 2.23. The van der Waals surface area contributed by atoms with Crippen molar-refractivity contribution in [3.8, 4) is 0 Å². The van der Waals surface area contributed by atoms with Gasteiger partial charge in [-0.25, -0.2) is 5.06 Å². The highest BCUT2D eigenvalue weighted by atomic mass is 16.5. The van der Waals surface area contributed by atoms with Gasteiger partial charge in [-0.1, -0.05) is 26.2 Å². The van der Waals surface area contributed by atoms with Gasteiger partial charge in [0.15, 0.2) is 0 Å². The van der Waals surface area contributed by atoms with E-state index in [0.717, 1.165) is 31.2 Å². The predicted octanol–water partition coefficient (Wildman–Crippen LogP) is 2.57. The molecule has 23 heavy (non-hydrogen) atoms. The third-order valence-corrected chi connectivity index (χ3v) is 3.62. The maximum atomic E-state index is 10.7. The molecule has 7 heteroatoms. The Bertz CT molecular complexity index is 588. The molecule has 0 saturated carbocycles. The summed E-state index contributed by atoms with van der Waals surface area (Å²) in [6.07, 6.45) is 8.31. The second kappa shape index (κ2) is 8.99. The number of aromatic nitrogens is 3. The molecule has 1 amide bonds. The van der Waals surface area contributed by atoms with Crippen molar-refractivity contribution in [3.63, 3.8) is 0 Å². The maximum Gasteiger partial charge on any atom is 0.233 e. The zero-order valence-electron chi connectivity index (χ0n) is 13.3. The Hall–Kier alpha value is -2.28. The van der Waals surface area contributed by atoms with Gasteiger partial charge in [-0.05, 0) is 24.1 Å². The van der Waals surface area contributed by atoms with Gasteiger partial charge in [-0.2, -0.15) is 0 Å². The average molecular weight is 318 g/mol. The Kier molecular flexibility index (Phi) is 6.68. The molecule has 0 aliphatic rings. The number of hydrogen-bond acceptors (Lipinski definition) is 6. The Balaban J connectivity index is 2.04. The second-order valence-electron chi connectivity index (χ2n) is 5.49. The molecule has 0 fully saturated rings. The molecule has 2 rings (SSSR count). The van der Waals surface area contributed by atoms with Crippen molar-refractivity contribution in [2.24, 2.45) is 0 Å². The van der Waals surface area contributed by atoms with E-state index in [1.165, 1.54) is 0 Å². The van der Waals surface area contributed by atoms with Gasteiger partial charge in [-0.3, -0.25) is 15.0 Å². The van der Waals surface area contributed by atoms with Crippen LogP contribution in [-0.4, -0.2) is 38.4 Å². The molecule has 1 N–H and O–H groups in total. The number of carbonyl (C=O) groups excluding carboxylic acids is 1. The number of nitrogens with zero attached hydrogens (tertiary/aromatic N) is 4. The lowest BCUT2D eigenvalue weighted by Gasteiger charge is -2.16. The van der Waals surface area contributed by atoms with Crippen LogP contribution in [0.25, 0.3) is 0 Å². The van der Waals surface area contributed by atoms with Crippen LogP contribution in [-0.2, 0) is 11.2 Å². The van der Waals surface area contributed by atoms with Crippen LogP contribution in [0.5, 0.6) is 0 Å². The lowest BCUT2D eigenvalue weighted by atomic mass is 10.0. The van der Waals surface area contributed by atoms with Gasteiger partial charge in [0.05, 0.1) is 18.9 Å². The fourth-order valence-electron chi connectivity index (χ4n) is 2.38. The van der Waals surface area contributed by atoms with Crippen molar-refractivity contribution in [2.45, 2.75) is 44.9 Å². The van der Waals surface area contributed by atoms with Crippen LogP contribution in [0, 0.1) is 0 Å². The Morgan fingerprint density at radius 1 is 1.30 bits per heavy atom. The van der Waals surface area contributed by atoms with Gasteiger partial charge >= 0.3 is 0 Å². The molecule has 0 radical (unpaired) electrons. The van der Waals surface area contributed by atoms with E-state index in [0.29, 0.717) is 29.7 Å². The molecule has 0 aromatic carbocycles. The molecule has 0 bridgehead atoms. The monoisotopic (exact) mass is 318 g/mol. The molecule has 0 spiro atoms. The molecule has 7 nitrogen and oxygen atoms in total. The summed E-state index contributed by atoms with van der Waals surface area (Å²) in [6.45, 7) is 2.28. The van der Waals surface area contributed by atoms with Crippen LogP contribution in [0.4, 0.5) is 0 Å². The summed E-state index contributed by atoms with van der Waals surface area (Å²) in [5.74, 6) is 0.823. The van der Waals surface area contributed by atoms with E-state index < -0.39 is 0 Å². The fourth-order valence-corrected chi connectivity index (χ4v) is 2.38. The SMILES string of the molecule is CCCCC[C@H](CN(O)C=O)c1nnc(Cc2ccncc2)o1. The van der Waals surface area contributed by atoms with Crippen LogP contribution >= 0.6 is 0 Å². The van der Waals surface area contributed by atoms with Gasteiger partial charge < -0.3 is 4.42 Å². The van der Waals surface area contributed by atoms with E-state index in [1.807, 2.05) is 12.1 Å². The number of hydrogen-bond donors (Lipinski definition) is 1. The molecular weight excluding hydrogens is 296 g/mol. The Labute approximate surface area is 135 Å². The summed E-state index contributed by atoms with van der Waals surface area (Å²) in [6, 6.07) is 3.79. The van der Waals surface area contributed by atoms with Crippen molar-refractivity contribution in [2.75, 3.05) is 6.54 Å². The first-order chi connectivity index (χ1) is 11.2. The van der Waals surface area contributed by atoms with Gasteiger partial charge in [0, 0.05) is 12.4 Å². The van der Waals surface area contributed by atoms with Crippen molar-refractivity contribution < 1.29 is 14.4 Å².